The molecule has 2 aromatic carbocycles. The minimum atomic E-state index is -0.0875. The molecule has 1 unspecified atom stereocenters. The van der Waals surface area contributed by atoms with Gasteiger partial charge in [0.2, 0.25) is 11.1 Å². The molecular weight excluding hydrogens is 436 g/mol. The quantitative estimate of drug-likeness (QED) is 0.370. The van der Waals surface area contributed by atoms with Crippen LogP contribution in [0.15, 0.2) is 52.6 Å². The van der Waals surface area contributed by atoms with Crippen LogP contribution < -0.4 is 5.32 Å². The first-order chi connectivity index (χ1) is 14.4. The molecule has 30 heavy (non-hydrogen) atoms. The molecule has 6 nitrogen and oxygen atoms in total. The maximum atomic E-state index is 6.25. The molecule has 0 spiro atoms. The lowest BCUT2D eigenvalue weighted by atomic mass is 10.1. The Balaban J connectivity index is 1.75. The summed E-state index contributed by atoms with van der Waals surface area (Å²) in [7, 11) is 0. The van der Waals surface area contributed by atoms with Crippen LogP contribution in [0.2, 0.25) is 5.02 Å². The number of hydrogen-bond acceptors (Lipinski definition) is 6. The van der Waals surface area contributed by atoms with Gasteiger partial charge in [-0.25, -0.2) is 5.01 Å². The summed E-state index contributed by atoms with van der Waals surface area (Å²) in [5, 5.41) is 21.3. The number of aryl methyl sites for hydroxylation is 3. The number of aromatic nitrogens is 2. The van der Waals surface area contributed by atoms with Crippen molar-refractivity contribution in [2.75, 3.05) is 5.32 Å². The summed E-state index contributed by atoms with van der Waals surface area (Å²) in [6, 6.07) is 14.1. The van der Waals surface area contributed by atoms with E-state index in [1.807, 2.05) is 49.2 Å². The van der Waals surface area contributed by atoms with E-state index in [1.54, 1.807) is 11.8 Å². The van der Waals surface area contributed by atoms with E-state index in [2.05, 4.69) is 41.5 Å². The van der Waals surface area contributed by atoms with E-state index < -0.39 is 0 Å². The summed E-state index contributed by atoms with van der Waals surface area (Å²) in [6.45, 7) is 8.09. The molecule has 0 aliphatic carbocycles. The van der Waals surface area contributed by atoms with E-state index >= 15 is 0 Å². The van der Waals surface area contributed by atoms with Crippen LogP contribution in [0.1, 0.15) is 34.0 Å². The number of aliphatic imine (C=N–C) groups is 1. The Kier molecular flexibility index (Phi) is 6.08. The zero-order valence-electron chi connectivity index (χ0n) is 17.0. The number of thioether (sulfide) groups is 1. The molecule has 1 aromatic heterocycles. The molecule has 2 heterocycles. The van der Waals surface area contributed by atoms with Gasteiger partial charge >= 0.3 is 0 Å². The highest BCUT2D eigenvalue weighted by Gasteiger charge is 2.31. The standard InChI is InChI=1S/C21H21ClN6S2/c1-12-8-9-18(10-13(12)2)23-20(24-21-26-25-14(3)30-21)28-19(29-15(4)27-28)16-6-5-7-17(22)11-16/h5-11,19H,1-4H3,(H,23,24,26). The average molecular weight is 457 g/mol. The number of guanidine groups is 1. The fourth-order valence-electron chi connectivity index (χ4n) is 2.97. The molecule has 0 bridgehead atoms. The second-order valence-electron chi connectivity index (χ2n) is 6.95. The molecule has 0 saturated carbocycles. The van der Waals surface area contributed by atoms with Gasteiger partial charge in [-0.3, -0.25) is 0 Å². The Bertz CT molecular complexity index is 1140. The first-order valence-electron chi connectivity index (χ1n) is 9.38. The second kappa shape index (κ2) is 8.75. The predicted molar refractivity (Wildman–Crippen MR) is 128 cm³/mol. The fraction of sp³-hybridized carbons (Fsp3) is 0.238. The molecule has 154 valence electrons. The third-order valence-electron chi connectivity index (χ3n) is 4.58. The molecule has 3 aromatic rings. The van der Waals surface area contributed by atoms with Crippen molar-refractivity contribution in [2.24, 2.45) is 10.1 Å². The number of nitrogens with zero attached hydrogens (tertiary/aromatic N) is 5. The van der Waals surface area contributed by atoms with E-state index in [1.165, 1.54) is 22.5 Å². The zero-order valence-corrected chi connectivity index (χ0v) is 19.4. The first kappa shape index (κ1) is 20.8. The monoisotopic (exact) mass is 456 g/mol. The van der Waals surface area contributed by atoms with Crippen molar-refractivity contribution < 1.29 is 0 Å². The topological polar surface area (TPSA) is 65.8 Å². The van der Waals surface area contributed by atoms with E-state index in [0.717, 1.165) is 21.3 Å². The van der Waals surface area contributed by atoms with Crippen LogP contribution in [0.25, 0.3) is 0 Å². The highest BCUT2D eigenvalue weighted by Crippen LogP contribution is 2.40. The van der Waals surface area contributed by atoms with Crippen molar-refractivity contribution in [3.63, 3.8) is 0 Å². The normalized spacial score (nSPS) is 16.7. The molecule has 1 aliphatic rings. The third-order valence-corrected chi connectivity index (χ3v) is 6.67. The molecule has 0 fully saturated rings. The van der Waals surface area contributed by atoms with Gasteiger partial charge in [-0.05, 0) is 68.7 Å². The average Bonchev–Trinajstić information content (AvgIpc) is 3.29. The summed E-state index contributed by atoms with van der Waals surface area (Å²) >= 11 is 9.35. The molecule has 4 rings (SSSR count). The highest BCUT2D eigenvalue weighted by molar-refractivity contribution is 8.14. The summed E-state index contributed by atoms with van der Waals surface area (Å²) in [5.41, 5.74) is 4.43. The number of rotatable bonds is 3. The van der Waals surface area contributed by atoms with Crippen molar-refractivity contribution in [2.45, 2.75) is 33.1 Å². The van der Waals surface area contributed by atoms with E-state index in [4.69, 9.17) is 21.7 Å². The number of nitrogens with one attached hydrogen (secondary N) is 1. The van der Waals surface area contributed by atoms with Crippen LogP contribution in [0, 0.1) is 20.8 Å². The number of halogens is 1. The van der Waals surface area contributed by atoms with Crippen molar-refractivity contribution in [1.82, 2.24) is 15.2 Å². The molecule has 0 saturated heterocycles. The van der Waals surface area contributed by atoms with Crippen molar-refractivity contribution in [3.8, 4) is 0 Å². The highest BCUT2D eigenvalue weighted by atomic mass is 35.5. The molecule has 1 atom stereocenters. The molecule has 0 amide bonds. The zero-order chi connectivity index (χ0) is 21.3. The summed E-state index contributed by atoms with van der Waals surface area (Å²) in [6.07, 6.45) is 0. The molecular formula is C21H21ClN6S2. The van der Waals surface area contributed by atoms with Gasteiger partial charge in [0.05, 0.1) is 5.04 Å². The largest absolute Gasteiger partial charge is 0.324 e. The lowest BCUT2D eigenvalue weighted by Gasteiger charge is -2.25. The van der Waals surface area contributed by atoms with Gasteiger partial charge < -0.3 is 5.32 Å². The Morgan fingerprint density at radius 3 is 2.60 bits per heavy atom. The Labute approximate surface area is 189 Å². The number of benzene rings is 2. The maximum absolute atomic E-state index is 6.25. The van der Waals surface area contributed by atoms with Gasteiger partial charge in [0.15, 0.2) is 0 Å². The van der Waals surface area contributed by atoms with Crippen LogP contribution in [0.3, 0.4) is 0 Å². The van der Waals surface area contributed by atoms with Gasteiger partial charge in [-0.2, -0.15) is 10.1 Å². The van der Waals surface area contributed by atoms with Crippen molar-refractivity contribution in [1.29, 1.82) is 0 Å². The van der Waals surface area contributed by atoms with Crippen LogP contribution in [-0.4, -0.2) is 26.2 Å². The number of anilines is 1. The summed E-state index contributed by atoms with van der Waals surface area (Å²) < 4.78 is 0. The first-order valence-corrected chi connectivity index (χ1v) is 11.5. The van der Waals surface area contributed by atoms with Gasteiger partial charge in [0.1, 0.15) is 10.4 Å². The number of hydrogen-bond donors (Lipinski definition) is 1. The van der Waals surface area contributed by atoms with Crippen molar-refractivity contribution >= 4 is 56.5 Å². The SMILES string of the molecule is CC1=NN(/C(=N/c2nnc(C)s2)Nc2ccc(C)c(C)c2)C(c2cccc(Cl)c2)S1. The Hall–Kier alpha value is -2.42. The van der Waals surface area contributed by atoms with Gasteiger partial charge in [0.25, 0.3) is 0 Å². The predicted octanol–water partition coefficient (Wildman–Crippen LogP) is 6.30. The minimum Gasteiger partial charge on any atom is -0.324 e. The summed E-state index contributed by atoms with van der Waals surface area (Å²) in [4.78, 5) is 4.76. The lowest BCUT2D eigenvalue weighted by molar-refractivity contribution is 0.438. The molecule has 9 heteroatoms. The van der Waals surface area contributed by atoms with E-state index in [0.29, 0.717) is 16.1 Å². The summed E-state index contributed by atoms with van der Waals surface area (Å²) in [5.74, 6) is 0.587. The number of hydrazone groups is 1. The Morgan fingerprint density at radius 1 is 1.07 bits per heavy atom. The third kappa shape index (κ3) is 4.66. The van der Waals surface area contributed by atoms with E-state index in [9.17, 15) is 0 Å². The van der Waals surface area contributed by atoms with Gasteiger partial charge in [0, 0.05) is 10.7 Å². The lowest BCUT2D eigenvalue weighted by Crippen LogP contribution is -2.32. The second-order valence-corrected chi connectivity index (χ2v) is 9.82. The smallest absolute Gasteiger partial charge is 0.234 e. The molecule has 1 aliphatic heterocycles. The van der Waals surface area contributed by atoms with Gasteiger partial charge in [-0.15, -0.1) is 10.2 Å². The van der Waals surface area contributed by atoms with E-state index in [-0.39, 0.29) is 5.37 Å². The van der Waals surface area contributed by atoms with Gasteiger partial charge in [-0.1, -0.05) is 52.9 Å². The minimum absolute atomic E-state index is 0.0875. The maximum Gasteiger partial charge on any atom is 0.234 e. The van der Waals surface area contributed by atoms with Crippen LogP contribution in [-0.2, 0) is 0 Å². The van der Waals surface area contributed by atoms with Crippen LogP contribution in [0.5, 0.6) is 0 Å². The van der Waals surface area contributed by atoms with Crippen molar-refractivity contribution in [3.05, 3.63) is 69.2 Å². The van der Waals surface area contributed by atoms with Crippen LogP contribution in [0.4, 0.5) is 10.8 Å². The van der Waals surface area contributed by atoms with Crippen LogP contribution >= 0.6 is 34.7 Å². The Morgan fingerprint density at radius 2 is 1.90 bits per heavy atom. The molecule has 1 N–H and O–H groups in total. The fourth-order valence-corrected chi connectivity index (χ4v) is 4.72. The molecule has 0 radical (unpaired) electrons.